The molecular weight excluding hydrogens is 334 g/mol. The molecule has 0 atom stereocenters. The molecule has 2 rings (SSSR count). The molecule has 1 saturated heterocycles. The van der Waals surface area contributed by atoms with Crippen molar-refractivity contribution in [1.29, 1.82) is 0 Å². The van der Waals surface area contributed by atoms with Gasteiger partial charge in [0.25, 0.3) is 0 Å². The number of ether oxygens (including phenoxy) is 2. The Hall–Kier alpha value is -2.44. The van der Waals surface area contributed by atoms with Gasteiger partial charge in [-0.05, 0) is 39.8 Å². The van der Waals surface area contributed by atoms with Gasteiger partial charge >= 0.3 is 6.03 Å². The lowest BCUT2D eigenvalue weighted by atomic mass is 10.2. The lowest BCUT2D eigenvalue weighted by Crippen LogP contribution is -2.48. The van der Waals surface area contributed by atoms with Crippen LogP contribution in [0.25, 0.3) is 0 Å². The summed E-state index contributed by atoms with van der Waals surface area (Å²) in [7, 11) is 3.14. The molecule has 1 aromatic carbocycles. The highest BCUT2D eigenvalue weighted by molar-refractivity contribution is 5.98. The normalized spacial score (nSPS) is 14.4. The molecule has 3 amide bonds. The van der Waals surface area contributed by atoms with Crippen molar-refractivity contribution >= 4 is 17.6 Å². The summed E-state index contributed by atoms with van der Waals surface area (Å²) in [5.41, 5.74) is 0.649. The van der Waals surface area contributed by atoms with Crippen molar-refractivity contribution in [2.24, 2.45) is 0 Å². The molecule has 0 aliphatic carbocycles. The number of anilines is 1. The Kier molecular flexibility index (Phi) is 6.34. The molecule has 144 valence electrons. The maximum atomic E-state index is 12.9. The van der Waals surface area contributed by atoms with E-state index in [4.69, 9.17) is 9.47 Å². The van der Waals surface area contributed by atoms with E-state index >= 15 is 0 Å². The minimum absolute atomic E-state index is 0.0391. The number of nitrogens with zero attached hydrogens (tertiary/aromatic N) is 3. The second kappa shape index (κ2) is 8.29. The van der Waals surface area contributed by atoms with E-state index in [1.807, 2.05) is 32.6 Å². The standard InChI is InChI=1S/C19H29N3O4/c1-13(2)22(14(3)4)18(23)12-20-9-10-21(19(20)24)16-11-15(25-5)7-8-17(16)26-6/h7-8,11,13-14H,9-10,12H2,1-6H3. The molecule has 0 aromatic heterocycles. The smallest absolute Gasteiger partial charge is 0.325 e. The molecule has 0 N–H and O–H groups in total. The number of carbonyl (C=O) groups is 2. The number of rotatable bonds is 7. The Bertz CT molecular complexity index is 652. The molecule has 1 aliphatic rings. The third kappa shape index (κ3) is 4.03. The predicted octanol–water partition coefficient (Wildman–Crippen LogP) is 2.59. The van der Waals surface area contributed by atoms with Gasteiger partial charge in [0, 0.05) is 31.2 Å². The first-order valence-electron chi connectivity index (χ1n) is 8.89. The molecule has 1 heterocycles. The minimum atomic E-state index is -0.197. The van der Waals surface area contributed by atoms with E-state index in [2.05, 4.69) is 0 Å². The van der Waals surface area contributed by atoms with E-state index in [9.17, 15) is 9.59 Å². The second-order valence-electron chi connectivity index (χ2n) is 6.88. The minimum Gasteiger partial charge on any atom is -0.497 e. The van der Waals surface area contributed by atoms with Gasteiger partial charge in [-0.25, -0.2) is 4.79 Å². The van der Waals surface area contributed by atoms with E-state index in [-0.39, 0.29) is 30.6 Å². The summed E-state index contributed by atoms with van der Waals surface area (Å²) in [6.45, 7) is 9.01. The first-order valence-corrected chi connectivity index (χ1v) is 8.89. The van der Waals surface area contributed by atoms with E-state index in [1.165, 1.54) is 0 Å². The molecule has 7 heteroatoms. The van der Waals surface area contributed by atoms with Gasteiger partial charge in [0.15, 0.2) is 0 Å². The highest BCUT2D eigenvalue weighted by Gasteiger charge is 2.34. The van der Waals surface area contributed by atoms with Crippen LogP contribution in [0.2, 0.25) is 0 Å². The Morgan fingerprint density at radius 2 is 1.77 bits per heavy atom. The molecule has 26 heavy (non-hydrogen) atoms. The van der Waals surface area contributed by atoms with Crippen LogP contribution in [0.1, 0.15) is 27.7 Å². The van der Waals surface area contributed by atoms with Crippen molar-refractivity contribution < 1.29 is 19.1 Å². The fourth-order valence-electron chi connectivity index (χ4n) is 3.38. The first kappa shape index (κ1) is 19.9. The third-order valence-electron chi connectivity index (χ3n) is 4.50. The molecule has 0 spiro atoms. The van der Waals surface area contributed by atoms with Crippen molar-refractivity contribution in [3.05, 3.63) is 18.2 Å². The fourth-order valence-corrected chi connectivity index (χ4v) is 3.38. The van der Waals surface area contributed by atoms with Crippen molar-refractivity contribution in [2.45, 2.75) is 39.8 Å². The van der Waals surface area contributed by atoms with Gasteiger partial charge in [-0.1, -0.05) is 0 Å². The molecular formula is C19H29N3O4. The molecule has 0 saturated carbocycles. The summed E-state index contributed by atoms with van der Waals surface area (Å²) < 4.78 is 10.6. The maximum Gasteiger partial charge on any atom is 0.325 e. The number of carbonyl (C=O) groups excluding carboxylic acids is 2. The third-order valence-corrected chi connectivity index (χ3v) is 4.50. The maximum absolute atomic E-state index is 12.9. The summed E-state index contributed by atoms with van der Waals surface area (Å²) in [6.07, 6.45) is 0. The summed E-state index contributed by atoms with van der Waals surface area (Å²) in [5.74, 6) is 1.20. The van der Waals surface area contributed by atoms with E-state index in [0.29, 0.717) is 30.3 Å². The number of amides is 3. The Morgan fingerprint density at radius 1 is 1.12 bits per heavy atom. The van der Waals surface area contributed by atoms with Gasteiger partial charge in [0.05, 0.1) is 19.9 Å². The van der Waals surface area contributed by atoms with Crippen LogP contribution >= 0.6 is 0 Å². The van der Waals surface area contributed by atoms with Gasteiger partial charge in [-0.2, -0.15) is 0 Å². The van der Waals surface area contributed by atoms with Crippen LogP contribution in [0.4, 0.5) is 10.5 Å². The lowest BCUT2D eigenvalue weighted by molar-refractivity contribution is -0.135. The average Bonchev–Trinajstić information content (AvgIpc) is 2.94. The fraction of sp³-hybridized carbons (Fsp3) is 0.579. The van der Waals surface area contributed by atoms with Gasteiger partial charge in [-0.3, -0.25) is 9.69 Å². The highest BCUT2D eigenvalue weighted by atomic mass is 16.5. The van der Waals surface area contributed by atoms with E-state index in [0.717, 1.165) is 0 Å². The number of urea groups is 1. The second-order valence-corrected chi connectivity index (χ2v) is 6.88. The quantitative estimate of drug-likeness (QED) is 0.747. The number of hydrogen-bond acceptors (Lipinski definition) is 4. The van der Waals surface area contributed by atoms with E-state index < -0.39 is 0 Å². The Balaban J connectivity index is 2.17. The lowest BCUT2D eigenvalue weighted by Gasteiger charge is -2.32. The van der Waals surface area contributed by atoms with Crippen LogP contribution in [0.5, 0.6) is 11.5 Å². The largest absolute Gasteiger partial charge is 0.497 e. The summed E-state index contributed by atoms with van der Waals surface area (Å²) in [4.78, 5) is 30.5. The molecule has 1 aliphatic heterocycles. The number of hydrogen-bond donors (Lipinski definition) is 0. The van der Waals surface area contributed by atoms with E-state index in [1.54, 1.807) is 42.2 Å². The first-order chi connectivity index (χ1) is 12.3. The Morgan fingerprint density at radius 3 is 2.31 bits per heavy atom. The zero-order valence-electron chi connectivity index (χ0n) is 16.5. The molecule has 1 aromatic rings. The van der Waals surface area contributed by atoms with Crippen LogP contribution in [0, 0.1) is 0 Å². The molecule has 7 nitrogen and oxygen atoms in total. The van der Waals surface area contributed by atoms with Crippen molar-refractivity contribution in [1.82, 2.24) is 9.80 Å². The van der Waals surface area contributed by atoms with Gasteiger partial charge in [0.2, 0.25) is 5.91 Å². The highest BCUT2D eigenvalue weighted by Crippen LogP contribution is 2.34. The molecule has 0 radical (unpaired) electrons. The SMILES string of the molecule is COc1ccc(OC)c(N2CCN(CC(=O)N(C(C)C)C(C)C)C2=O)c1. The van der Waals surface area contributed by atoms with Gasteiger partial charge in [0.1, 0.15) is 18.0 Å². The van der Waals surface area contributed by atoms with Crippen LogP contribution in [-0.2, 0) is 4.79 Å². The number of benzene rings is 1. The number of methoxy groups -OCH3 is 2. The van der Waals surface area contributed by atoms with Crippen molar-refractivity contribution in [3.8, 4) is 11.5 Å². The topological polar surface area (TPSA) is 62.3 Å². The molecule has 0 unspecified atom stereocenters. The summed E-state index contributed by atoms with van der Waals surface area (Å²) in [6, 6.07) is 5.32. The van der Waals surface area contributed by atoms with Crippen molar-refractivity contribution in [2.75, 3.05) is 38.8 Å². The van der Waals surface area contributed by atoms with Crippen LogP contribution < -0.4 is 14.4 Å². The average molecular weight is 363 g/mol. The molecule has 1 fully saturated rings. The predicted molar refractivity (Wildman–Crippen MR) is 101 cm³/mol. The molecule has 0 bridgehead atoms. The summed E-state index contributed by atoms with van der Waals surface area (Å²) in [5, 5.41) is 0. The van der Waals surface area contributed by atoms with Crippen LogP contribution in [0.3, 0.4) is 0 Å². The zero-order valence-corrected chi connectivity index (χ0v) is 16.5. The van der Waals surface area contributed by atoms with Gasteiger partial charge in [-0.15, -0.1) is 0 Å². The Labute approximate surface area is 155 Å². The van der Waals surface area contributed by atoms with Crippen molar-refractivity contribution in [3.63, 3.8) is 0 Å². The zero-order chi connectivity index (χ0) is 19.4. The van der Waals surface area contributed by atoms with Crippen LogP contribution in [-0.4, -0.2) is 67.7 Å². The summed E-state index contributed by atoms with van der Waals surface area (Å²) >= 11 is 0. The monoisotopic (exact) mass is 363 g/mol. The van der Waals surface area contributed by atoms with Crippen LogP contribution in [0.15, 0.2) is 18.2 Å². The van der Waals surface area contributed by atoms with Gasteiger partial charge < -0.3 is 19.3 Å².